The van der Waals surface area contributed by atoms with Gasteiger partial charge in [-0.05, 0) is 36.5 Å². The first-order valence-electron chi connectivity index (χ1n) is 7.04. The molecule has 1 saturated carbocycles. The molecule has 4 heteroatoms. The van der Waals surface area contributed by atoms with E-state index in [1.165, 1.54) is 12.8 Å². The predicted octanol–water partition coefficient (Wildman–Crippen LogP) is 2.85. The number of carbonyl (C=O) groups is 1. The minimum atomic E-state index is -0.111. The zero-order valence-electron chi connectivity index (χ0n) is 11.5. The Balaban J connectivity index is 1.83. The Morgan fingerprint density at radius 1 is 1.32 bits per heavy atom. The van der Waals surface area contributed by atoms with Gasteiger partial charge in [0, 0.05) is 18.3 Å². The highest BCUT2D eigenvalue weighted by atomic mass is 16.2. The van der Waals surface area contributed by atoms with Crippen LogP contribution in [0.3, 0.4) is 0 Å². The molecule has 2 unspecified atom stereocenters. The molecule has 4 nitrogen and oxygen atoms in total. The zero-order chi connectivity index (χ0) is 13.7. The average molecular weight is 261 g/mol. The lowest BCUT2D eigenvalue weighted by Crippen LogP contribution is -2.40. The average Bonchev–Trinajstić information content (AvgIpc) is 2.39. The van der Waals surface area contributed by atoms with Crippen molar-refractivity contribution in [1.29, 1.82) is 0 Å². The molecule has 0 aliphatic heterocycles. The molecule has 2 atom stereocenters. The Labute approximate surface area is 114 Å². The van der Waals surface area contributed by atoms with E-state index in [9.17, 15) is 4.79 Å². The molecule has 0 heterocycles. The Morgan fingerprint density at radius 3 is 2.68 bits per heavy atom. The number of hydrogen-bond acceptors (Lipinski definition) is 2. The van der Waals surface area contributed by atoms with E-state index in [0.717, 1.165) is 24.1 Å². The number of rotatable bonds is 3. The van der Waals surface area contributed by atoms with Gasteiger partial charge >= 0.3 is 6.03 Å². The van der Waals surface area contributed by atoms with Crippen LogP contribution in [-0.2, 0) is 6.54 Å². The summed E-state index contributed by atoms with van der Waals surface area (Å²) in [5.74, 6) is 0.711. The third-order valence-electron chi connectivity index (χ3n) is 3.72. The van der Waals surface area contributed by atoms with E-state index in [4.69, 9.17) is 5.73 Å². The van der Waals surface area contributed by atoms with E-state index in [1.807, 2.05) is 24.3 Å². The molecule has 0 saturated heterocycles. The largest absolute Gasteiger partial charge is 0.335 e. The number of amides is 2. The van der Waals surface area contributed by atoms with Crippen LogP contribution >= 0.6 is 0 Å². The van der Waals surface area contributed by atoms with Crippen molar-refractivity contribution in [3.8, 4) is 0 Å². The summed E-state index contributed by atoms with van der Waals surface area (Å²) in [6.07, 6.45) is 4.65. The summed E-state index contributed by atoms with van der Waals surface area (Å²) in [6.45, 7) is 2.77. The Morgan fingerprint density at radius 2 is 2.05 bits per heavy atom. The highest BCUT2D eigenvalue weighted by Gasteiger charge is 2.20. The number of urea groups is 1. The van der Waals surface area contributed by atoms with Crippen LogP contribution in [0.4, 0.5) is 10.5 Å². The van der Waals surface area contributed by atoms with E-state index >= 15 is 0 Å². The lowest BCUT2D eigenvalue weighted by atomic mass is 9.87. The van der Waals surface area contributed by atoms with Crippen molar-refractivity contribution in [3.63, 3.8) is 0 Å². The van der Waals surface area contributed by atoms with Crippen LogP contribution in [0, 0.1) is 5.92 Å². The van der Waals surface area contributed by atoms with E-state index in [1.54, 1.807) is 0 Å². The third kappa shape index (κ3) is 4.24. The molecule has 2 rings (SSSR count). The third-order valence-corrected chi connectivity index (χ3v) is 3.72. The van der Waals surface area contributed by atoms with Crippen LogP contribution in [0.25, 0.3) is 0 Å². The topological polar surface area (TPSA) is 67.2 Å². The second-order valence-electron chi connectivity index (χ2n) is 5.47. The van der Waals surface area contributed by atoms with Crippen molar-refractivity contribution in [1.82, 2.24) is 5.32 Å². The number of nitrogens with one attached hydrogen (secondary N) is 2. The number of hydrogen-bond donors (Lipinski definition) is 3. The molecule has 1 aromatic rings. The highest BCUT2D eigenvalue weighted by Crippen LogP contribution is 2.23. The molecule has 104 valence electrons. The van der Waals surface area contributed by atoms with E-state index in [-0.39, 0.29) is 6.03 Å². The Bertz CT molecular complexity index is 416. The smallest absolute Gasteiger partial charge is 0.319 e. The fraction of sp³-hybridized carbons (Fsp3) is 0.533. The fourth-order valence-corrected chi connectivity index (χ4v) is 2.64. The van der Waals surface area contributed by atoms with E-state index < -0.39 is 0 Å². The van der Waals surface area contributed by atoms with Gasteiger partial charge < -0.3 is 16.4 Å². The van der Waals surface area contributed by atoms with Gasteiger partial charge in [0.15, 0.2) is 0 Å². The van der Waals surface area contributed by atoms with Gasteiger partial charge in [0.05, 0.1) is 0 Å². The van der Waals surface area contributed by atoms with Crippen LogP contribution < -0.4 is 16.4 Å². The summed E-state index contributed by atoms with van der Waals surface area (Å²) >= 11 is 0. The van der Waals surface area contributed by atoms with Gasteiger partial charge in [-0.1, -0.05) is 31.9 Å². The van der Waals surface area contributed by atoms with Gasteiger partial charge in [0.1, 0.15) is 0 Å². The van der Waals surface area contributed by atoms with Crippen molar-refractivity contribution >= 4 is 11.7 Å². The van der Waals surface area contributed by atoms with Crippen LogP contribution in [0.5, 0.6) is 0 Å². The maximum Gasteiger partial charge on any atom is 0.319 e. The first kappa shape index (κ1) is 13.9. The van der Waals surface area contributed by atoms with Crippen LogP contribution in [-0.4, -0.2) is 12.1 Å². The molecular formula is C15H23N3O. The van der Waals surface area contributed by atoms with Crippen LogP contribution in [0.2, 0.25) is 0 Å². The fourth-order valence-electron chi connectivity index (χ4n) is 2.64. The van der Waals surface area contributed by atoms with Gasteiger partial charge in [-0.15, -0.1) is 0 Å². The predicted molar refractivity (Wildman–Crippen MR) is 77.9 cm³/mol. The summed E-state index contributed by atoms with van der Waals surface area (Å²) < 4.78 is 0. The quantitative estimate of drug-likeness (QED) is 0.783. The maximum absolute atomic E-state index is 11.9. The van der Waals surface area contributed by atoms with Crippen molar-refractivity contribution in [3.05, 3.63) is 29.8 Å². The summed E-state index contributed by atoms with van der Waals surface area (Å²) in [6, 6.07) is 7.82. The molecule has 19 heavy (non-hydrogen) atoms. The molecule has 0 spiro atoms. The molecule has 2 amide bonds. The van der Waals surface area contributed by atoms with Crippen LogP contribution in [0.1, 0.15) is 38.2 Å². The second-order valence-corrected chi connectivity index (χ2v) is 5.47. The summed E-state index contributed by atoms with van der Waals surface area (Å²) in [7, 11) is 0. The minimum absolute atomic E-state index is 0.111. The van der Waals surface area contributed by atoms with Crippen molar-refractivity contribution in [2.75, 3.05) is 5.32 Å². The van der Waals surface area contributed by atoms with Gasteiger partial charge in [0.25, 0.3) is 0 Å². The summed E-state index contributed by atoms with van der Waals surface area (Å²) in [5, 5.41) is 5.92. The molecule has 0 bridgehead atoms. The first-order chi connectivity index (χ1) is 9.17. The maximum atomic E-state index is 11.9. The standard InChI is InChI=1S/C15H23N3O/c1-11-3-2-4-14(9-11)18-15(19)17-13-7-5-12(10-16)6-8-13/h5-8,11,14H,2-4,9-10,16H2,1H3,(H2,17,18,19). The minimum Gasteiger partial charge on any atom is -0.335 e. The molecule has 0 radical (unpaired) electrons. The molecule has 1 aromatic carbocycles. The van der Waals surface area contributed by atoms with Crippen molar-refractivity contribution in [2.45, 2.75) is 45.2 Å². The number of carbonyl (C=O) groups excluding carboxylic acids is 1. The molecule has 1 fully saturated rings. The Kier molecular flexibility index (Phi) is 4.80. The normalized spacial score (nSPS) is 22.8. The first-order valence-corrected chi connectivity index (χ1v) is 7.04. The van der Waals surface area contributed by atoms with E-state index in [0.29, 0.717) is 18.5 Å². The van der Waals surface area contributed by atoms with Crippen molar-refractivity contribution < 1.29 is 4.79 Å². The summed E-state index contributed by atoms with van der Waals surface area (Å²) in [5.41, 5.74) is 7.40. The molecular weight excluding hydrogens is 238 g/mol. The van der Waals surface area contributed by atoms with Gasteiger partial charge in [-0.3, -0.25) is 0 Å². The molecule has 4 N–H and O–H groups in total. The Hall–Kier alpha value is -1.55. The van der Waals surface area contributed by atoms with Crippen molar-refractivity contribution in [2.24, 2.45) is 11.7 Å². The SMILES string of the molecule is CC1CCCC(NC(=O)Nc2ccc(CN)cc2)C1. The number of nitrogens with two attached hydrogens (primary N) is 1. The molecule has 1 aliphatic carbocycles. The monoisotopic (exact) mass is 261 g/mol. The van der Waals surface area contributed by atoms with Crippen LogP contribution in [0.15, 0.2) is 24.3 Å². The van der Waals surface area contributed by atoms with Gasteiger partial charge in [-0.25, -0.2) is 4.79 Å². The zero-order valence-corrected chi connectivity index (χ0v) is 11.5. The lowest BCUT2D eigenvalue weighted by molar-refractivity contribution is 0.238. The molecule has 0 aromatic heterocycles. The second kappa shape index (κ2) is 6.57. The van der Waals surface area contributed by atoms with Gasteiger partial charge in [0.2, 0.25) is 0 Å². The summed E-state index contributed by atoms with van der Waals surface area (Å²) in [4.78, 5) is 11.9. The number of anilines is 1. The number of benzene rings is 1. The van der Waals surface area contributed by atoms with E-state index in [2.05, 4.69) is 17.6 Å². The van der Waals surface area contributed by atoms with Gasteiger partial charge in [-0.2, -0.15) is 0 Å². The highest BCUT2D eigenvalue weighted by molar-refractivity contribution is 5.89. The lowest BCUT2D eigenvalue weighted by Gasteiger charge is -2.27. The molecule has 1 aliphatic rings.